The third-order valence-corrected chi connectivity index (χ3v) is 2.19. The lowest BCUT2D eigenvalue weighted by Gasteiger charge is -2.07. The number of hydrogen-bond donors (Lipinski definition) is 1. The summed E-state index contributed by atoms with van der Waals surface area (Å²) in [5.74, 6) is 0.249. The zero-order valence-corrected chi connectivity index (χ0v) is 9.77. The van der Waals surface area contributed by atoms with Crippen LogP contribution in [0, 0.1) is 0 Å². The maximum atomic E-state index is 10.1. The Morgan fingerprint density at radius 3 is 2.22 bits per heavy atom. The topological polar surface area (TPSA) is 94.5 Å². The van der Waals surface area contributed by atoms with Crippen molar-refractivity contribution in [2.45, 2.75) is 0 Å². The highest BCUT2D eigenvalue weighted by atomic mass is 35.5. The van der Waals surface area contributed by atoms with E-state index in [-0.39, 0.29) is 24.0 Å². The van der Waals surface area contributed by atoms with E-state index in [2.05, 4.69) is 25.6 Å². The minimum absolute atomic E-state index is 0. The van der Waals surface area contributed by atoms with Crippen LogP contribution in [-0.4, -0.2) is 40.1 Å². The van der Waals surface area contributed by atoms with E-state index in [1.54, 1.807) is 24.7 Å². The lowest BCUT2D eigenvalue weighted by molar-refractivity contribution is 0.460. The van der Waals surface area contributed by atoms with Crippen LogP contribution in [0.1, 0.15) is 0 Å². The van der Waals surface area contributed by atoms with Gasteiger partial charge >= 0.3 is 0 Å². The van der Waals surface area contributed by atoms with E-state index >= 15 is 0 Å². The fourth-order valence-electron chi connectivity index (χ4n) is 1.44. The van der Waals surface area contributed by atoms with E-state index < -0.39 is 0 Å². The Kier molecular flexibility index (Phi) is 3.20. The van der Waals surface area contributed by atoms with Gasteiger partial charge in [0, 0.05) is 6.20 Å². The first-order valence-corrected chi connectivity index (χ1v) is 4.77. The van der Waals surface area contributed by atoms with Crippen molar-refractivity contribution in [3.63, 3.8) is 0 Å². The summed E-state index contributed by atoms with van der Waals surface area (Å²) in [6.45, 7) is 0. The Morgan fingerprint density at radius 1 is 0.944 bits per heavy atom. The highest BCUT2D eigenvalue weighted by molar-refractivity contribution is 5.85. The lowest BCUT2D eigenvalue weighted by Crippen LogP contribution is -2.03. The van der Waals surface area contributed by atoms with Gasteiger partial charge in [0.1, 0.15) is 5.69 Å². The molecule has 92 valence electrons. The fraction of sp³-hybridized carbons (Fsp3) is 0. The van der Waals surface area contributed by atoms with E-state index in [1.165, 1.54) is 21.8 Å². The van der Waals surface area contributed by atoms with Crippen molar-refractivity contribution >= 4 is 12.4 Å². The van der Waals surface area contributed by atoms with Gasteiger partial charge in [0.25, 0.3) is 0 Å². The van der Waals surface area contributed by atoms with Crippen LogP contribution in [0.5, 0.6) is 5.75 Å². The molecule has 0 aliphatic rings. The van der Waals surface area contributed by atoms with E-state index in [0.29, 0.717) is 5.69 Å². The molecule has 0 spiro atoms. The van der Waals surface area contributed by atoms with Crippen LogP contribution in [0.2, 0.25) is 0 Å². The standard InChI is InChI=1S/C9H7N7O.ClH/c17-8-7(15-5-3-11-13-15)1-2-10-9(8)16-6-4-12-14-16;/h1-6,17H;1H. The molecule has 3 rings (SSSR count). The largest absolute Gasteiger partial charge is 0.503 e. The molecule has 0 fully saturated rings. The number of nitrogens with zero attached hydrogens (tertiary/aromatic N) is 7. The minimum atomic E-state index is -0.0384. The quantitative estimate of drug-likeness (QED) is 0.719. The van der Waals surface area contributed by atoms with Gasteiger partial charge in [0.15, 0.2) is 11.6 Å². The average molecular weight is 266 g/mol. The number of pyridine rings is 1. The Balaban J connectivity index is 0.00000120. The maximum Gasteiger partial charge on any atom is 0.199 e. The molecule has 8 nitrogen and oxygen atoms in total. The van der Waals surface area contributed by atoms with Crippen LogP contribution in [0.3, 0.4) is 0 Å². The van der Waals surface area contributed by atoms with Gasteiger partial charge < -0.3 is 5.11 Å². The van der Waals surface area contributed by atoms with Crippen molar-refractivity contribution in [2.75, 3.05) is 0 Å². The molecule has 3 aromatic heterocycles. The van der Waals surface area contributed by atoms with Gasteiger partial charge in [-0.15, -0.1) is 22.6 Å². The first-order chi connectivity index (χ1) is 8.36. The predicted molar refractivity (Wildman–Crippen MR) is 63.0 cm³/mol. The van der Waals surface area contributed by atoms with Gasteiger partial charge in [-0.3, -0.25) is 0 Å². The van der Waals surface area contributed by atoms with Gasteiger partial charge in [-0.25, -0.2) is 9.67 Å². The number of hydrogen-bond acceptors (Lipinski definition) is 6. The molecule has 0 bridgehead atoms. The molecule has 0 aliphatic heterocycles. The normalized spacial score (nSPS) is 10.0. The van der Waals surface area contributed by atoms with Crippen molar-refractivity contribution < 1.29 is 5.11 Å². The summed E-state index contributed by atoms with van der Waals surface area (Å²) >= 11 is 0. The van der Waals surface area contributed by atoms with Crippen LogP contribution in [0.25, 0.3) is 11.5 Å². The van der Waals surface area contributed by atoms with E-state index in [0.717, 1.165) is 0 Å². The van der Waals surface area contributed by atoms with Gasteiger partial charge in [-0.2, -0.15) is 4.68 Å². The number of aromatic hydroxyl groups is 1. The van der Waals surface area contributed by atoms with Crippen molar-refractivity contribution in [1.82, 2.24) is 35.0 Å². The SMILES string of the molecule is Cl.Oc1c(-n2ccnn2)ccnc1-n1ccnn1. The molecule has 0 radical (unpaired) electrons. The third-order valence-electron chi connectivity index (χ3n) is 2.19. The molecule has 18 heavy (non-hydrogen) atoms. The molecule has 0 saturated heterocycles. The molecule has 1 N–H and O–H groups in total. The number of rotatable bonds is 2. The molecule has 0 unspecified atom stereocenters. The van der Waals surface area contributed by atoms with Gasteiger partial charge in [-0.05, 0) is 6.07 Å². The van der Waals surface area contributed by atoms with Crippen LogP contribution in [0.4, 0.5) is 0 Å². The summed E-state index contributed by atoms with van der Waals surface area (Å²) in [5.41, 5.74) is 0.475. The molecule has 0 amide bonds. The smallest absolute Gasteiger partial charge is 0.199 e. The zero-order chi connectivity index (χ0) is 11.7. The van der Waals surface area contributed by atoms with Gasteiger partial charge in [0.05, 0.1) is 24.8 Å². The minimum Gasteiger partial charge on any atom is -0.503 e. The van der Waals surface area contributed by atoms with Gasteiger partial charge in [0.2, 0.25) is 0 Å². The molecule has 0 aliphatic carbocycles. The van der Waals surface area contributed by atoms with E-state index in [4.69, 9.17) is 0 Å². The van der Waals surface area contributed by atoms with Crippen LogP contribution < -0.4 is 0 Å². The van der Waals surface area contributed by atoms with Crippen molar-refractivity contribution in [3.05, 3.63) is 37.1 Å². The molecule has 3 aromatic rings. The van der Waals surface area contributed by atoms with E-state index in [1.807, 2.05) is 0 Å². The van der Waals surface area contributed by atoms with Crippen LogP contribution in [-0.2, 0) is 0 Å². The summed E-state index contributed by atoms with van der Waals surface area (Å²) in [6.07, 6.45) is 7.79. The Labute approximate surface area is 107 Å². The Hall–Kier alpha value is -2.48. The van der Waals surface area contributed by atoms with Crippen LogP contribution in [0.15, 0.2) is 37.1 Å². The fourth-order valence-corrected chi connectivity index (χ4v) is 1.44. The second-order valence-corrected chi connectivity index (χ2v) is 3.20. The monoisotopic (exact) mass is 265 g/mol. The molecule has 0 saturated carbocycles. The highest BCUT2D eigenvalue weighted by Crippen LogP contribution is 2.25. The summed E-state index contributed by atoms with van der Waals surface area (Å²) < 4.78 is 2.81. The summed E-state index contributed by atoms with van der Waals surface area (Å²) in [6, 6.07) is 1.63. The maximum absolute atomic E-state index is 10.1. The molecular weight excluding hydrogens is 258 g/mol. The number of halogens is 1. The molecular formula is C9H8ClN7O. The van der Waals surface area contributed by atoms with Crippen molar-refractivity contribution in [3.8, 4) is 17.3 Å². The molecule has 0 aromatic carbocycles. The first-order valence-electron chi connectivity index (χ1n) is 4.77. The molecule has 3 heterocycles. The first kappa shape index (κ1) is 12.0. The number of aromatic nitrogens is 7. The van der Waals surface area contributed by atoms with Gasteiger partial charge in [-0.1, -0.05) is 10.4 Å². The summed E-state index contributed by atoms with van der Waals surface area (Å²) in [7, 11) is 0. The zero-order valence-electron chi connectivity index (χ0n) is 8.95. The lowest BCUT2D eigenvalue weighted by atomic mass is 10.3. The summed E-state index contributed by atoms with van der Waals surface area (Å²) in [4.78, 5) is 4.04. The Morgan fingerprint density at radius 2 is 1.61 bits per heavy atom. The van der Waals surface area contributed by atoms with E-state index in [9.17, 15) is 5.11 Å². The predicted octanol–water partition coefficient (Wildman–Crippen LogP) is 0.370. The second-order valence-electron chi connectivity index (χ2n) is 3.20. The van der Waals surface area contributed by atoms with Crippen molar-refractivity contribution in [2.24, 2.45) is 0 Å². The average Bonchev–Trinajstić information content (AvgIpc) is 3.02. The summed E-state index contributed by atoms with van der Waals surface area (Å²) in [5, 5.41) is 25.0. The second kappa shape index (κ2) is 4.80. The molecule has 0 atom stereocenters. The molecule has 9 heteroatoms. The highest BCUT2D eigenvalue weighted by Gasteiger charge is 2.12. The third kappa shape index (κ3) is 1.89. The Bertz CT molecular complexity index is 570. The van der Waals surface area contributed by atoms with Crippen LogP contribution >= 0.6 is 12.4 Å². The van der Waals surface area contributed by atoms with Crippen molar-refractivity contribution in [1.29, 1.82) is 0 Å².